The molecular weight excluding hydrogens is 384 g/mol. The van der Waals surface area contributed by atoms with Crippen molar-refractivity contribution in [3.05, 3.63) is 58.1 Å². The number of aryl methyl sites for hydroxylation is 1. The van der Waals surface area contributed by atoms with Crippen molar-refractivity contribution >= 4 is 34.3 Å². The standard InChI is InChI=1S/C22H24N4O2S/c1-13-9-17(15-7-5-6-8-16(15)23-13)24-20(28)14-11-26-19(27)10-18(22(2,3)4)25-21(26)29-12-14/h5-10,14H,11-12H2,1-4H3,(H,23,24,28)/t14-/m0/s1. The van der Waals surface area contributed by atoms with Gasteiger partial charge in [-0.25, -0.2) is 4.98 Å². The quantitative estimate of drug-likeness (QED) is 0.654. The van der Waals surface area contributed by atoms with Crippen LogP contribution in [0.4, 0.5) is 5.69 Å². The number of benzene rings is 1. The van der Waals surface area contributed by atoms with Crippen molar-refractivity contribution in [2.24, 2.45) is 5.92 Å². The molecule has 1 aliphatic heterocycles. The van der Waals surface area contributed by atoms with Gasteiger partial charge in [-0.1, -0.05) is 50.7 Å². The summed E-state index contributed by atoms with van der Waals surface area (Å²) in [6, 6.07) is 11.2. The first-order valence-corrected chi connectivity index (χ1v) is 10.6. The van der Waals surface area contributed by atoms with E-state index in [0.717, 1.165) is 28.0 Å². The Bertz CT molecular complexity index is 1160. The Morgan fingerprint density at radius 3 is 2.72 bits per heavy atom. The van der Waals surface area contributed by atoms with E-state index in [9.17, 15) is 9.59 Å². The van der Waals surface area contributed by atoms with Crippen molar-refractivity contribution in [3.63, 3.8) is 0 Å². The normalized spacial score (nSPS) is 16.5. The first-order valence-electron chi connectivity index (χ1n) is 9.65. The topological polar surface area (TPSA) is 76.9 Å². The molecule has 3 aromatic rings. The van der Waals surface area contributed by atoms with E-state index in [1.54, 1.807) is 10.6 Å². The van der Waals surface area contributed by atoms with Gasteiger partial charge in [0.25, 0.3) is 5.56 Å². The summed E-state index contributed by atoms with van der Waals surface area (Å²) in [6.07, 6.45) is 0. The highest BCUT2D eigenvalue weighted by Gasteiger charge is 2.29. The lowest BCUT2D eigenvalue weighted by Gasteiger charge is -2.26. The van der Waals surface area contributed by atoms with Gasteiger partial charge in [-0.05, 0) is 19.1 Å². The second kappa shape index (κ2) is 7.30. The third-order valence-corrected chi connectivity index (χ3v) is 6.17. The molecule has 0 fully saturated rings. The highest BCUT2D eigenvalue weighted by Crippen LogP contribution is 2.29. The van der Waals surface area contributed by atoms with Crippen molar-refractivity contribution < 1.29 is 4.79 Å². The van der Waals surface area contributed by atoms with Crippen LogP contribution in [0.3, 0.4) is 0 Å². The smallest absolute Gasteiger partial charge is 0.254 e. The summed E-state index contributed by atoms with van der Waals surface area (Å²) in [4.78, 5) is 34.8. The molecule has 4 rings (SSSR count). The molecule has 0 spiro atoms. The molecule has 0 unspecified atom stereocenters. The Hall–Kier alpha value is -2.67. The third kappa shape index (κ3) is 3.92. The molecule has 7 heteroatoms. The first-order chi connectivity index (χ1) is 13.7. The third-order valence-electron chi connectivity index (χ3n) is 5.03. The molecule has 1 N–H and O–H groups in total. The number of nitrogens with zero attached hydrogens (tertiary/aromatic N) is 3. The van der Waals surface area contributed by atoms with Gasteiger partial charge in [-0.3, -0.25) is 19.1 Å². The Kier molecular flexibility index (Phi) is 4.94. The summed E-state index contributed by atoms with van der Waals surface area (Å²) in [5.41, 5.74) is 2.93. The molecule has 2 aromatic heterocycles. The first kappa shape index (κ1) is 19.6. The van der Waals surface area contributed by atoms with Crippen molar-refractivity contribution in [1.82, 2.24) is 14.5 Å². The lowest BCUT2D eigenvalue weighted by Crippen LogP contribution is -2.37. The van der Waals surface area contributed by atoms with Gasteiger partial charge in [0.2, 0.25) is 5.91 Å². The Morgan fingerprint density at radius 2 is 1.97 bits per heavy atom. The zero-order valence-electron chi connectivity index (χ0n) is 17.0. The molecule has 150 valence electrons. The largest absolute Gasteiger partial charge is 0.325 e. The number of aromatic nitrogens is 3. The number of rotatable bonds is 2. The van der Waals surface area contributed by atoms with Crippen molar-refractivity contribution in [2.75, 3.05) is 11.1 Å². The molecule has 1 aliphatic rings. The molecule has 0 aliphatic carbocycles. The number of carbonyl (C=O) groups excluding carboxylic acids is 1. The van der Waals surface area contributed by atoms with Crippen LogP contribution in [-0.2, 0) is 16.8 Å². The lowest BCUT2D eigenvalue weighted by molar-refractivity contribution is -0.119. The zero-order valence-corrected chi connectivity index (χ0v) is 17.8. The number of amides is 1. The van der Waals surface area contributed by atoms with Crippen LogP contribution in [0.15, 0.2) is 46.3 Å². The molecule has 1 aromatic carbocycles. The summed E-state index contributed by atoms with van der Waals surface area (Å²) in [7, 11) is 0. The SMILES string of the molecule is Cc1cc(NC(=O)[C@@H]2CSc3nc(C(C)(C)C)cc(=O)n3C2)c2ccccc2n1. The van der Waals surface area contributed by atoms with E-state index in [1.807, 2.05) is 58.0 Å². The van der Waals surface area contributed by atoms with E-state index in [2.05, 4.69) is 15.3 Å². The number of thioether (sulfide) groups is 1. The number of anilines is 1. The summed E-state index contributed by atoms with van der Waals surface area (Å²) in [5, 5.41) is 4.65. The molecule has 0 saturated carbocycles. The van der Waals surface area contributed by atoms with Crippen LogP contribution in [0, 0.1) is 12.8 Å². The number of carbonyl (C=O) groups is 1. The summed E-state index contributed by atoms with van der Waals surface area (Å²) in [5.74, 6) is 0.193. The Labute approximate surface area is 173 Å². The van der Waals surface area contributed by atoms with Gasteiger partial charge in [0.05, 0.1) is 22.8 Å². The number of hydrogen-bond donors (Lipinski definition) is 1. The number of fused-ring (bicyclic) bond motifs is 2. The number of pyridine rings is 1. The molecular formula is C22H24N4O2S. The summed E-state index contributed by atoms with van der Waals surface area (Å²) < 4.78 is 1.61. The van der Waals surface area contributed by atoms with E-state index < -0.39 is 0 Å². The van der Waals surface area contributed by atoms with Crippen molar-refractivity contribution in [3.8, 4) is 0 Å². The van der Waals surface area contributed by atoms with Crippen LogP contribution in [0.5, 0.6) is 0 Å². The van der Waals surface area contributed by atoms with Gasteiger partial charge in [-0.15, -0.1) is 0 Å². The molecule has 29 heavy (non-hydrogen) atoms. The maximum atomic E-state index is 13.0. The zero-order chi connectivity index (χ0) is 20.8. The van der Waals surface area contributed by atoms with Crippen LogP contribution in [0.25, 0.3) is 10.9 Å². The summed E-state index contributed by atoms with van der Waals surface area (Å²) >= 11 is 1.47. The molecule has 1 atom stereocenters. The lowest BCUT2D eigenvalue weighted by atomic mass is 9.92. The average molecular weight is 409 g/mol. The predicted octanol–water partition coefficient (Wildman–Crippen LogP) is 3.76. The maximum absolute atomic E-state index is 13.0. The van der Waals surface area contributed by atoms with Gasteiger partial charge in [0.15, 0.2) is 5.16 Å². The van der Waals surface area contributed by atoms with Gasteiger partial charge in [-0.2, -0.15) is 0 Å². The van der Waals surface area contributed by atoms with Crippen molar-refractivity contribution in [2.45, 2.75) is 44.8 Å². The summed E-state index contributed by atoms with van der Waals surface area (Å²) in [6.45, 7) is 8.36. The van der Waals surface area contributed by atoms with Crippen LogP contribution >= 0.6 is 11.8 Å². The molecule has 0 radical (unpaired) electrons. The van der Waals surface area contributed by atoms with Crippen LogP contribution in [0.2, 0.25) is 0 Å². The van der Waals surface area contributed by atoms with Gasteiger partial charge >= 0.3 is 0 Å². The number of para-hydroxylation sites is 1. The molecule has 0 saturated heterocycles. The van der Waals surface area contributed by atoms with Crippen LogP contribution < -0.4 is 10.9 Å². The Balaban J connectivity index is 1.59. The van der Waals surface area contributed by atoms with Crippen molar-refractivity contribution in [1.29, 1.82) is 0 Å². The average Bonchev–Trinajstić information content (AvgIpc) is 2.66. The van der Waals surface area contributed by atoms with Gasteiger partial charge < -0.3 is 5.32 Å². The number of hydrogen-bond acceptors (Lipinski definition) is 5. The maximum Gasteiger partial charge on any atom is 0.254 e. The second-order valence-corrected chi connectivity index (χ2v) is 9.44. The molecule has 1 amide bonds. The van der Waals surface area contributed by atoms with E-state index in [4.69, 9.17) is 0 Å². The monoisotopic (exact) mass is 408 g/mol. The van der Waals surface area contributed by atoms with Crippen LogP contribution in [0.1, 0.15) is 32.2 Å². The van der Waals surface area contributed by atoms with Gasteiger partial charge in [0, 0.05) is 34.9 Å². The fraction of sp³-hybridized carbons (Fsp3) is 0.364. The fourth-order valence-corrected chi connectivity index (χ4v) is 4.49. The van der Waals surface area contributed by atoms with E-state index in [-0.39, 0.29) is 22.8 Å². The molecule has 0 bridgehead atoms. The Morgan fingerprint density at radius 1 is 1.21 bits per heavy atom. The highest BCUT2D eigenvalue weighted by atomic mass is 32.2. The predicted molar refractivity (Wildman–Crippen MR) is 117 cm³/mol. The van der Waals surface area contributed by atoms with Crippen LogP contribution in [-0.4, -0.2) is 26.2 Å². The van der Waals surface area contributed by atoms with E-state index in [1.165, 1.54) is 11.8 Å². The fourth-order valence-electron chi connectivity index (χ4n) is 3.40. The molecule has 6 nitrogen and oxygen atoms in total. The minimum absolute atomic E-state index is 0.0919. The second-order valence-electron chi connectivity index (χ2n) is 8.45. The molecule has 3 heterocycles. The minimum Gasteiger partial charge on any atom is -0.325 e. The van der Waals surface area contributed by atoms with E-state index >= 15 is 0 Å². The minimum atomic E-state index is -0.306. The van der Waals surface area contributed by atoms with Gasteiger partial charge in [0.1, 0.15) is 0 Å². The van der Waals surface area contributed by atoms with E-state index in [0.29, 0.717) is 17.5 Å². The number of nitrogens with one attached hydrogen (secondary N) is 1. The highest BCUT2D eigenvalue weighted by molar-refractivity contribution is 7.99.